The molecular weight excluding hydrogens is 362 g/mol. The summed E-state index contributed by atoms with van der Waals surface area (Å²) < 4.78 is 25.7. The molecule has 0 aromatic heterocycles. The summed E-state index contributed by atoms with van der Waals surface area (Å²) >= 11 is 0. The molecule has 0 amide bonds. The maximum Gasteiger partial charge on any atom is 0.209 e. The molecule has 1 heterocycles. The van der Waals surface area contributed by atoms with Crippen molar-refractivity contribution in [1.29, 1.82) is 0 Å². The minimum Gasteiger partial charge on any atom is -0.357 e. The molecule has 27 heavy (non-hydrogen) atoms. The van der Waals surface area contributed by atoms with E-state index in [1.807, 2.05) is 20.8 Å². The Morgan fingerprint density at radius 3 is 2.19 bits per heavy atom. The van der Waals surface area contributed by atoms with Crippen LogP contribution in [-0.4, -0.2) is 69.8 Å². The van der Waals surface area contributed by atoms with E-state index in [0.29, 0.717) is 18.5 Å². The van der Waals surface area contributed by atoms with Gasteiger partial charge in [-0.25, -0.2) is 13.1 Å². The first-order valence-electron chi connectivity index (χ1n) is 10.3. The predicted octanol–water partition coefficient (Wildman–Crippen LogP) is 1.77. The average Bonchev–Trinajstić information content (AvgIpc) is 2.79. The zero-order valence-corrected chi connectivity index (χ0v) is 19.0. The van der Waals surface area contributed by atoms with Crippen molar-refractivity contribution in [3.05, 3.63) is 0 Å². The molecule has 1 aliphatic heterocycles. The van der Waals surface area contributed by atoms with E-state index < -0.39 is 15.6 Å². The van der Waals surface area contributed by atoms with Crippen molar-refractivity contribution in [3.8, 4) is 0 Å². The van der Waals surface area contributed by atoms with E-state index in [4.69, 9.17) is 0 Å². The van der Waals surface area contributed by atoms with E-state index in [2.05, 4.69) is 39.1 Å². The SMILES string of the molecule is CCNC(=NCC(C)(C)NS(C)(=O)=O)NCC(C(C)C)N1CCCCCC1. The highest BCUT2D eigenvalue weighted by Gasteiger charge is 2.24. The van der Waals surface area contributed by atoms with Crippen molar-refractivity contribution in [3.63, 3.8) is 0 Å². The number of hydrogen-bond acceptors (Lipinski definition) is 4. The molecule has 160 valence electrons. The average molecular weight is 404 g/mol. The Bertz CT molecular complexity index is 552. The molecule has 1 unspecified atom stereocenters. The smallest absolute Gasteiger partial charge is 0.209 e. The van der Waals surface area contributed by atoms with E-state index in [0.717, 1.165) is 19.0 Å². The second kappa shape index (κ2) is 11.2. The van der Waals surface area contributed by atoms with Crippen LogP contribution in [0.4, 0.5) is 0 Å². The van der Waals surface area contributed by atoms with Crippen LogP contribution in [0.2, 0.25) is 0 Å². The fourth-order valence-electron chi connectivity index (χ4n) is 3.57. The van der Waals surface area contributed by atoms with Crippen LogP contribution in [-0.2, 0) is 10.0 Å². The Labute approximate surface area is 166 Å². The van der Waals surface area contributed by atoms with Crippen LogP contribution in [0.5, 0.6) is 0 Å². The normalized spacial score (nSPS) is 19.0. The fraction of sp³-hybridized carbons (Fsp3) is 0.947. The molecule has 0 radical (unpaired) electrons. The van der Waals surface area contributed by atoms with Gasteiger partial charge >= 0.3 is 0 Å². The second-order valence-corrected chi connectivity index (χ2v) is 10.3. The molecule has 0 saturated carbocycles. The number of aliphatic imine (C=N–C) groups is 1. The highest BCUT2D eigenvalue weighted by molar-refractivity contribution is 7.88. The van der Waals surface area contributed by atoms with Crippen molar-refractivity contribution >= 4 is 16.0 Å². The number of rotatable bonds is 9. The summed E-state index contributed by atoms with van der Waals surface area (Å²) in [4.78, 5) is 7.23. The van der Waals surface area contributed by atoms with Gasteiger partial charge in [0.15, 0.2) is 5.96 Å². The lowest BCUT2D eigenvalue weighted by Gasteiger charge is -2.34. The highest BCUT2D eigenvalue weighted by atomic mass is 32.2. The van der Waals surface area contributed by atoms with E-state index in [-0.39, 0.29) is 0 Å². The van der Waals surface area contributed by atoms with Crippen LogP contribution in [0.25, 0.3) is 0 Å². The van der Waals surface area contributed by atoms with Crippen LogP contribution in [0.1, 0.15) is 60.3 Å². The van der Waals surface area contributed by atoms with Crippen LogP contribution < -0.4 is 15.4 Å². The van der Waals surface area contributed by atoms with Crippen LogP contribution in [0.3, 0.4) is 0 Å². The van der Waals surface area contributed by atoms with Gasteiger partial charge in [0.1, 0.15) is 0 Å². The summed E-state index contributed by atoms with van der Waals surface area (Å²) in [7, 11) is -3.26. The molecular formula is C19H41N5O2S. The van der Waals surface area contributed by atoms with E-state index in [1.165, 1.54) is 45.0 Å². The van der Waals surface area contributed by atoms with Gasteiger partial charge in [-0.2, -0.15) is 0 Å². The minimum atomic E-state index is -3.26. The largest absolute Gasteiger partial charge is 0.357 e. The first kappa shape index (κ1) is 24.2. The van der Waals surface area contributed by atoms with Gasteiger partial charge in [0.2, 0.25) is 10.0 Å². The van der Waals surface area contributed by atoms with Gasteiger partial charge in [-0.15, -0.1) is 0 Å². The van der Waals surface area contributed by atoms with Crippen LogP contribution in [0.15, 0.2) is 4.99 Å². The zero-order chi connectivity index (χ0) is 20.5. The number of hydrogen-bond donors (Lipinski definition) is 3. The van der Waals surface area contributed by atoms with Crippen molar-refractivity contribution in [2.45, 2.75) is 71.9 Å². The number of sulfonamides is 1. The summed E-state index contributed by atoms with van der Waals surface area (Å²) in [5, 5.41) is 6.75. The third-order valence-electron chi connectivity index (χ3n) is 4.80. The van der Waals surface area contributed by atoms with Gasteiger partial charge in [0.25, 0.3) is 0 Å². The molecule has 1 saturated heterocycles. The molecule has 7 nitrogen and oxygen atoms in total. The van der Waals surface area contributed by atoms with E-state index in [1.54, 1.807) is 0 Å². The van der Waals surface area contributed by atoms with Crippen molar-refractivity contribution in [1.82, 2.24) is 20.3 Å². The molecule has 1 aliphatic rings. The Kier molecular flexibility index (Phi) is 10.0. The Balaban J connectivity index is 2.72. The Hall–Kier alpha value is -0.860. The van der Waals surface area contributed by atoms with Crippen LogP contribution >= 0.6 is 0 Å². The zero-order valence-electron chi connectivity index (χ0n) is 18.1. The third-order valence-corrected chi connectivity index (χ3v) is 5.72. The molecule has 1 fully saturated rings. The Morgan fingerprint density at radius 2 is 1.70 bits per heavy atom. The summed E-state index contributed by atoms with van der Waals surface area (Å²) in [5.74, 6) is 1.29. The molecule has 0 aromatic rings. The lowest BCUT2D eigenvalue weighted by atomic mass is 10.0. The summed E-state index contributed by atoms with van der Waals surface area (Å²) in [6.45, 7) is 14.6. The molecule has 0 bridgehead atoms. The quantitative estimate of drug-likeness (QED) is 0.403. The maximum atomic E-state index is 11.5. The lowest BCUT2D eigenvalue weighted by molar-refractivity contribution is 0.161. The molecule has 1 rings (SSSR count). The molecule has 0 spiro atoms. The molecule has 8 heteroatoms. The molecule has 1 atom stereocenters. The minimum absolute atomic E-state index is 0.367. The second-order valence-electron chi connectivity index (χ2n) is 8.60. The maximum absolute atomic E-state index is 11.5. The van der Waals surface area contributed by atoms with Gasteiger partial charge in [-0.05, 0) is 52.6 Å². The van der Waals surface area contributed by atoms with Gasteiger partial charge in [-0.3, -0.25) is 9.89 Å². The topological polar surface area (TPSA) is 85.8 Å². The van der Waals surface area contributed by atoms with Gasteiger partial charge in [0, 0.05) is 24.7 Å². The Morgan fingerprint density at radius 1 is 1.11 bits per heavy atom. The van der Waals surface area contributed by atoms with Crippen LogP contribution in [0, 0.1) is 5.92 Å². The molecule has 0 aromatic carbocycles. The van der Waals surface area contributed by atoms with E-state index >= 15 is 0 Å². The van der Waals surface area contributed by atoms with Crippen molar-refractivity contribution in [2.24, 2.45) is 10.9 Å². The standard InChI is InChI=1S/C19H41N5O2S/c1-7-20-18(22-15-19(4,5)23-27(6,25)26)21-14-17(16(2)3)24-12-10-8-9-11-13-24/h16-17,23H,7-15H2,1-6H3,(H2,20,21,22). The first-order valence-corrected chi connectivity index (χ1v) is 12.2. The number of nitrogens with one attached hydrogen (secondary N) is 3. The van der Waals surface area contributed by atoms with Gasteiger partial charge in [-0.1, -0.05) is 26.7 Å². The molecule has 3 N–H and O–H groups in total. The lowest BCUT2D eigenvalue weighted by Crippen LogP contribution is -2.50. The van der Waals surface area contributed by atoms with Crippen molar-refractivity contribution < 1.29 is 8.42 Å². The van der Waals surface area contributed by atoms with Gasteiger partial charge in [0.05, 0.1) is 12.8 Å². The van der Waals surface area contributed by atoms with E-state index in [9.17, 15) is 8.42 Å². The highest BCUT2D eigenvalue weighted by Crippen LogP contribution is 2.17. The monoisotopic (exact) mass is 403 g/mol. The summed E-state index contributed by atoms with van der Waals surface area (Å²) in [6.07, 6.45) is 6.41. The third kappa shape index (κ3) is 10.3. The van der Waals surface area contributed by atoms with Gasteiger partial charge < -0.3 is 10.6 Å². The number of nitrogens with zero attached hydrogens (tertiary/aromatic N) is 2. The number of likely N-dealkylation sites (tertiary alicyclic amines) is 1. The first-order chi connectivity index (χ1) is 12.5. The number of guanidine groups is 1. The summed E-state index contributed by atoms with van der Waals surface area (Å²) in [6, 6.07) is 0.467. The summed E-state index contributed by atoms with van der Waals surface area (Å²) in [5.41, 5.74) is -0.627. The molecule has 0 aliphatic carbocycles. The predicted molar refractivity (Wildman–Crippen MR) is 115 cm³/mol. The fourth-order valence-corrected chi connectivity index (χ4v) is 4.64. The van der Waals surface area contributed by atoms with Crippen molar-refractivity contribution in [2.75, 3.05) is 39.0 Å².